The molecule has 0 saturated carbocycles. The molecule has 0 aliphatic carbocycles. The van der Waals surface area contributed by atoms with E-state index in [-0.39, 0.29) is 17.7 Å². The van der Waals surface area contributed by atoms with E-state index >= 15 is 0 Å². The summed E-state index contributed by atoms with van der Waals surface area (Å²) >= 11 is 1.63. The largest absolute Gasteiger partial charge is 0.345 e. The molecule has 1 aliphatic rings. The van der Waals surface area contributed by atoms with E-state index in [2.05, 4.69) is 0 Å². The summed E-state index contributed by atoms with van der Waals surface area (Å²) in [5.41, 5.74) is 1.14. The van der Waals surface area contributed by atoms with Crippen LogP contribution in [0.2, 0.25) is 0 Å². The van der Waals surface area contributed by atoms with Crippen LogP contribution in [0.3, 0.4) is 0 Å². The van der Waals surface area contributed by atoms with Gasteiger partial charge in [-0.25, -0.2) is 0 Å². The van der Waals surface area contributed by atoms with Crippen LogP contribution >= 0.6 is 11.3 Å². The van der Waals surface area contributed by atoms with Gasteiger partial charge in [0.2, 0.25) is 11.8 Å². The SMILES string of the molecule is CN1C[C@@H](C(=O)N(C)Cc2ccsc2)CC1=O. The molecule has 1 fully saturated rings. The first-order valence-corrected chi connectivity index (χ1v) is 6.52. The molecular weight excluding hydrogens is 236 g/mol. The third kappa shape index (κ3) is 2.66. The van der Waals surface area contributed by atoms with Crippen LogP contribution in [0.1, 0.15) is 12.0 Å². The Kier molecular flexibility index (Phi) is 3.47. The number of amides is 2. The average molecular weight is 252 g/mol. The summed E-state index contributed by atoms with van der Waals surface area (Å²) in [6, 6.07) is 2.01. The highest BCUT2D eigenvalue weighted by molar-refractivity contribution is 7.07. The molecule has 1 aromatic heterocycles. The Bertz CT molecular complexity index is 416. The first-order chi connectivity index (χ1) is 8.08. The zero-order chi connectivity index (χ0) is 12.4. The Morgan fingerprint density at radius 2 is 2.41 bits per heavy atom. The maximum absolute atomic E-state index is 12.1. The summed E-state index contributed by atoms with van der Waals surface area (Å²) in [5, 5.41) is 4.04. The Labute approximate surface area is 105 Å². The van der Waals surface area contributed by atoms with Gasteiger partial charge in [0, 0.05) is 33.6 Å². The number of carbonyl (C=O) groups is 2. The molecule has 4 nitrogen and oxygen atoms in total. The second-order valence-electron chi connectivity index (χ2n) is 4.50. The Balaban J connectivity index is 1.94. The van der Waals surface area contributed by atoms with Crippen LogP contribution in [0, 0.1) is 5.92 Å². The molecule has 1 saturated heterocycles. The molecule has 2 heterocycles. The minimum Gasteiger partial charge on any atom is -0.345 e. The number of nitrogens with zero attached hydrogens (tertiary/aromatic N) is 2. The molecule has 0 aromatic carbocycles. The van der Waals surface area contributed by atoms with Crippen molar-refractivity contribution in [3.63, 3.8) is 0 Å². The van der Waals surface area contributed by atoms with Gasteiger partial charge in [-0.15, -0.1) is 0 Å². The van der Waals surface area contributed by atoms with Gasteiger partial charge >= 0.3 is 0 Å². The number of carbonyl (C=O) groups excluding carboxylic acids is 2. The Morgan fingerprint density at radius 1 is 1.65 bits per heavy atom. The highest BCUT2D eigenvalue weighted by Crippen LogP contribution is 2.19. The lowest BCUT2D eigenvalue weighted by Crippen LogP contribution is -2.33. The number of thiophene rings is 1. The number of hydrogen-bond donors (Lipinski definition) is 0. The zero-order valence-electron chi connectivity index (χ0n) is 10.0. The van der Waals surface area contributed by atoms with Crippen LogP contribution in [0.5, 0.6) is 0 Å². The van der Waals surface area contributed by atoms with Gasteiger partial charge < -0.3 is 9.80 Å². The quantitative estimate of drug-likeness (QED) is 0.810. The molecule has 1 aromatic rings. The molecule has 2 rings (SSSR count). The lowest BCUT2D eigenvalue weighted by atomic mass is 10.1. The van der Waals surface area contributed by atoms with Crippen molar-refractivity contribution in [3.05, 3.63) is 22.4 Å². The average Bonchev–Trinajstić information content (AvgIpc) is 2.89. The van der Waals surface area contributed by atoms with Crippen LogP contribution in [-0.4, -0.2) is 42.3 Å². The van der Waals surface area contributed by atoms with Crippen LogP contribution < -0.4 is 0 Å². The molecule has 1 atom stereocenters. The van der Waals surface area contributed by atoms with Crippen LogP contribution in [0.25, 0.3) is 0 Å². The van der Waals surface area contributed by atoms with Crippen molar-refractivity contribution in [1.82, 2.24) is 9.80 Å². The summed E-state index contributed by atoms with van der Waals surface area (Å²) in [6.07, 6.45) is 0.351. The zero-order valence-corrected chi connectivity index (χ0v) is 10.9. The van der Waals surface area contributed by atoms with Gasteiger partial charge in [0.05, 0.1) is 5.92 Å². The minimum atomic E-state index is -0.170. The van der Waals surface area contributed by atoms with Gasteiger partial charge in [0.25, 0.3) is 0 Å². The normalized spacial score (nSPS) is 19.8. The van der Waals surface area contributed by atoms with Crippen molar-refractivity contribution in [1.29, 1.82) is 0 Å². The molecule has 0 N–H and O–H groups in total. The van der Waals surface area contributed by atoms with E-state index in [4.69, 9.17) is 0 Å². The van der Waals surface area contributed by atoms with Gasteiger partial charge in [-0.1, -0.05) is 0 Å². The summed E-state index contributed by atoms with van der Waals surface area (Å²) in [6.45, 7) is 1.17. The van der Waals surface area contributed by atoms with Crippen molar-refractivity contribution < 1.29 is 9.59 Å². The fourth-order valence-corrected chi connectivity index (χ4v) is 2.73. The summed E-state index contributed by atoms with van der Waals surface area (Å²) in [5.74, 6) is -0.0441. The minimum absolute atomic E-state index is 0.0623. The lowest BCUT2D eigenvalue weighted by molar-refractivity contribution is -0.135. The van der Waals surface area contributed by atoms with E-state index in [0.717, 1.165) is 5.56 Å². The topological polar surface area (TPSA) is 40.6 Å². The summed E-state index contributed by atoms with van der Waals surface area (Å²) < 4.78 is 0. The Hall–Kier alpha value is -1.36. The first kappa shape index (κ1) is 12.1. The monoisotopic (exact) mass is 252 g/mol. The van der Waals surface area contributed by atoms with E-state index in [0.29, 0.717) is 19.5 Å². The maximum Gasteiger partial charge on any atom is 0.228 e. The molecule has 5 heteroatoms. The highest BCUT2D eigenvalue weighted by Gasteiger charge is 2.33. The number of rotatable bonds is 3. The van der Waals surface area contributed by atoms with Gasteiger partial charge in [-0.2, -0.15) is 11.3 Å². The lowest BCUT2D eigenvalue weighted by Gasteiger charge is -2.20. The number of likely N-dealkylation sites (tertiary alicyclic amines) is 1. The molecule has 0 unspecified atom stereocenters. The molecule has 0 radical (unpaired) electrons. The molecule has 17 heavy (non-hydrogen) atoms. The summed E-state index contributed by atoms with van der Waals surface area (Å²) in [7, 11) is 3.54. The highest BCUT2D eigenvalue weighted by atomic mass is 32.1. The number of hydrogen-bond acceptors (Lipinski definition) is 3. The van der Waals surface area contributed by atoms with Crippen LogP contribution in [0.4, 0.5) is 0 Å². The van der Waals surface area contributed by atoms with E-state index in [9.17, 15) is 9.59 Å². The molecule has 92 valence electrons. The predicted molar refractivity (Wildman–Crippen MR) is 66.5 cm³/mol. The third-order valence-corrected chi connectivity index (χ3v) is 3.80. The molecule has 0 spiro atoms. The van der Waals surface area contributed by atoms with E-state index in [1.807, 2.05) is 16.8 Å². The van der Waals surface area contributed by atoms with Crippen molar-refractivity contribution in [2.45, 2.75) is 13.0 Å². The first-order valence-electron chi connectivity index (χ1n) is 5.58. The summed E-state index contributed by atoms with van der Waals surface area (Å²) in [4.78, 5) is 26.8. The van der Waals surface area contributed by atoms with Crippen molar-refractivity contribution in [3.8, 4) is 0 Å². The molecule has 2 amide bonds. The maximum atomic E-state index is 12.1. The Morgan fingerprint density at radius 3 is 2.94 bits per heavy atom. The third-order valence-electron chi connectivity index (χ3n) is 3.07. The van der Waals surface area contributed by atoms with Gasteiger partial charge in [0.15, 0.2) is 0 Å². The van der Waals surface area contributed by atoms with Crippen molar-refractivity contribution in [2.24, 2.45) is 5.92 Å². The smallest absolute Gasteiger partial charge is 0.228 e. The van der Waals surface area contributed by atoms with E-state index in [1.54, 1.807) is 35.2 Å². The van der Waals surface area contributed by atoms with Gasteiger partial charge in [0.1, 0.15) is 0 Å². The van der Waals surface area contributed by atoms with E-state index < -0.39 is 0 Å². The van der Waals surface area contributed by atoms with Gasteiger partial charge in [-0.3, -0.25) is 9.59 Å². The van der Waals surface area contributed by atoms with Crippen molar-refractivity contribution in [2.75, 3.05) is 20.6 Å². The standard InChI is InChI=1S/C12H16N2O2S/c1-13-7-10(5-11(13)15)12(16)14(2)6-9-3-4-17-8-9/h3-4,8,10H,5-7H2,1-2H3/t10-/m0/s1. The molecule has 1 aliphatic heterocycles. The van der Waals surface area contributed by atoms with Crippen LogP contribution in [0.15, 0.2) is 16.8 Å². The molecular formula is C12H16N2O2S. The molecule has 0 bridgehead atoms. The van der Waals surface area contributed by atoms with Gasteiger partial charge in [-0.05, 0) is 22.4 Å². The van der Waals surface area contributed by atoms with Crippen molar-refractivity contribution >= 4 is 23.2 Å². The van der Waals surface area contributed by atoms with E-state index in [1.165, 1.54) is 0 Å². The second kappa shape index (κ2) is 4.87. The predicted octanol–water partition coefficient (Wildman–Crippen LogP) is 1.18. The fourth-order valence-electron chi connectivity index (χ4n) is 2.08. The van der Waals surface area contributed by atoms with Crippen LogP contribution in [-0.2, 0) is 16.1 Å². The second-order valence-corrected chi connectivity index (χ2v) is 5.28. The fraction of sp³-hybridized carbons (Fsp3) is 0.500.